The van der Waals surface area contributed by atoms with E-state index in [4.69, 9.17) is 4.74 Å². The zero-order valence-corrected chi connectivity index (χ0v) is 12.8. The van der Waals surface area contributed by atoms with Crippen molar-refractivity contribution in [2.45, 2.75) is 26.8 Å². The predicted octanol–water partition coefficient (Wildman–Crippen LogP) is 3.23. The Morgan fingerprint density at radius 3 is 2.33 bits per heavy atom. The Labute approximate surface area is 125 Å². The van der Waals surface area contributed by atoms with E-state index < -0.39 is 0 Å². The third-order valence-electron chi connectivity index (χ3n) is 3.03. The highest BCUT2D eigenvalue weighted by molar-refractivity contribution is 5.47. The fourth-order valence-corrected chi connectivity index (χ4v) is 1.94. The zero-order valence-electron chi connectivity index (χ0n) is 12.8. The topological polar surface area (TPSA) is 59.1 Å². The second-order valence-corrected chi connectivity index (χ2v) is 4.81. The smallest absolute Gasteiger partial charge is 0.132 e. The highest BCUT2D eigenvalue weighted by atomic mass is 16.5. The van der Waals surface area contributed by atoms with Crippen LogP contribution in [0.4, 0.5) is 11.6 Å². The van der Waals surface area contributed by atoms with Gasteiger partial charge < -0.3 is 15.4 Å². The molecule has 2 N–H and O–H groups in total. The van der Waals surface area contributed by atoms with Gasteiger partial charge in [0, 0.05) is 19.2 Å². The number of benzene rings is 1. The van der Waals surface area contributed by atoms with Crippen LogP contribution in [0.3, 0.4) is 0 Å². The third-order valence-corrected chi connectivity index (χ3v) is 3.03. The van der Waals surface area contributed by atoms with E-state index in [1.54, 1.807) is 7.11 Å². The van der Waals surface area contributed by atoms with E-state index in [-0.39, 0.29) is 0 Å². The van der Waals surface area contributed by atoms with Crippen LogP contribution in [0.25, 0.3) is 0 Å². The van der Waals surface area contributed by atoms with Crippen LogP contribution in [-0.2, 0) is 6.54 Å². The number of aromatic nitrogens is 2. The molecule has 0 atom stereocenters. The number of nitrogens with zero attached hydrogens (tertiary/aromatic N) is 2. The van der Waals surface area contributed by atoms with Crippen LogP contribution in [0, 0.1) is 6.92 Å². The summed E-state index contributed by atoms with van der Waals surface area (Å²) in [6.07, 6.45) is 1.07. The fraction of sp³-hybridized carbons (Fsp3) is 0.375. The maximum atomic E-state index is 5.15. The van der Waals surface area contributed by atoms with E-state index in [9.17, 15) is 0 Å². The van der Waals surface area contributed by atoms with Gasteiger partial charge in [0.15, 0.2) is 0 Å². The van der Waals surface area contributed by atoms with Crippen LogP contribution in [0.15, 0.2) is 30.3 Å². The Morgan fingerprint density at radius 2 is 1.71 bits per heavy atom. The molecule has 0 radical (unpaired) electrons. The number of ether oxygens (including phenoxy) is 1. The van der Waals surface area contributed by atoms with Gasteiger partial charge in [0.25, 0.3) is 0 Å². The van der Waals surface area contributed by atoms with Gasteiger partial charge in [0.1, 0.15) is 23.2 Å². The van der Waals surface area contributed by atoms with Crippen LogP contribution in [0.5, 0.6) is 5.75 Å². The summed E-state index contributed by atoms with van der Waals surface area (Å²) >= 11 is 0. The summed E-state index contributed by atoms with van der Waals surface area (Å²) < 4.78 is 5.15. The molecule has 21 heavy (non-hydrogen) atoms. The van der Waals surface area contributed by atoms with Gasteiger partial charge in [-0.25, -0.2) is 9.97 Å². The van der Waals surface area contributed by atoms with Gasteiger partial charge in [-0.05, 0) is 31.0 Å². The Morgan fingerprint density at radius 1 is 1.05 bits per heavy atom. The zero-order chi connectivity index (χ0) is 15.1. The van der Waals surface area contributed by atoms with Gasteiger partial charge in [-0.1, -0.05) is 19.1 Å². The maximum absolute atomic E-state index is 5.15. The second-order valence-electron chi connectivity index (χ2n) is 4.81. The van der Waals surface area contributed by atoms with Gasteiger partial charge in [-0.3, -0.25) is 0 Å². The molecule has 112 valence electrons. The average molecular weight is 286 g/mol. The lowest BCUT2D eigenvalue weighted by Gasteiger charge is -2.10. The Kier molecular flexibility index (Phi) is 5.37. The number of hydrogen-bond donors (Lipinski definition) is 2. The highest BCUT2D eigenvalue weighted by Crippen LogP contribution is 2.14. The quantitative estimate of drug-likeness (QED) is 0.818. The van der Waals surface area contributed by atoms with Crippen molar-refractivity contribution in [3.63, 3.8) is 0 Å². The maximum Gasteiger partial charge on any atom is 0.132 e. The molecule has 1 heterocycles. The summed E-state index contributed by atoms with van der Waals surface area (Å²) in [6, 6.07) is 9.92. The standard InChI is InChI=1S/C16H22N4O/c1-4-9-17-15-10-16(20-12(2)19-15)18-11-13-5-7-14(21-3)8-6-13/h5-8,10H,4,9,11H2,1-3H3,(H2,17,18,19,20). The molecule has 2 aromatic rings. The number of rotatable bonds is 7. The first-order valence-corrected chi connectivity index (χ1v) is 7.17. The molecule has 0 spiro atoms. The highest BCUT2D eigenvalue weighted by Gasteiger charge is 2.02. The molecule has 5 nitrogen and oxygen atoms in total. The minimum Gasteiger partial charge on any atom is -0.497 e. The summed E-state index contributed by atoms with van der Waals surface area (Å²) in [5, 5.41) is 6.61. The first-order chi connectivity index (χ1) is 10.2. The molecule has 1 aromatic heterocycles. The van der Waals surface area contributed by atoms with Gasteiger partial charge >= 0.3 is 0 Å². The van der Waals surface area contributed by atoms with E-state index in [0.29, 0.717) is 6.54 Å². The summed E-state index contributed by atoms with van der Waals surface area (Å²) in [6.45, 7) is 5.65. The molecule has 2 rings (SSSR count). The Bertz CT molecular complexity index is 569. The van der Waals surface area contributed by atoms with Crippen LogP contribution >= 0.6 is 0 Å². The number of hydrogen-bond acceptors (Lipinski definition) is 5. The fourth-order valence-electron chi connectivity index (χ4n) is 1.94. The van der Waals surface area contributed by atoms with Crippen molar-refractivity contribution >= 4 is 11.6 Å². The minimum absolute atomic E-state index is 0.716. The molecule has 1 aromatic carbocycles. The molecule has 0 aliphatic rings. The van der Waals surface area contributed by atoms with Gasteiger partial charge in [-0.15, -0.1) is 0 Å². The largest absolute Gasteiger partial charge is 0.497 e. The molecule has 0 saturated heterocycles. The normalized spacial score (nSPS) is 10.2. The molecule has 5 heteroatoms. The van der Waals surface area contributed by atoms with Crippen LogP contribution in [0.1, 0.15) is 24.7 Å². The molecular formula is C16H22N4O. The summed E-state index contributed by atoms with van der Waals surface area (Å²) in [5.41, 5.74) is 1.18. The number of nitrogens with one attached hydrogen (secondary N) is 2. The van der Waals surface area contributed by atoms with Crippen molar-refractivity contribution in [1.82, 2.24) is 9.97 Å². The number of aryl methyl sites for hydroxylation is 1. The summed E-state index contributed by atoms with van der Waals surface area (Å²) in [7, 11) is 1.67. The van der Waals surface area contributed by atoms with Crippen molar-refractivity contribution in [1.29, 1.82) is 0 Å². The molecular weight excluding hydrogens is 264 g/mol. The van der Waals surface area contributed by atoms with Crippen molar-refractivity contribution < 1.29 is 4.74 Å². The molecule has 0 aliphatic heterocycles. The predicted molar refractivity (Wildman–Crippen MR) is 85.9 cm³/mol. The third kappa shape index (κ3) is 4.63. The first kappa shape index (κ1) is 15.1. The lowest BCUT2D eigenvalue weighted by atomic mass is 10.2. The van der Waals surface area contributed by atoms with Crippen LogP contribution in [0.2, 0.25) is 0 Å². The molecule has 0 bridgehead atoms. The first-order valence-electron chi connectivity index (χ1n) is 7.17. The Balaban J connectivity index is 1.99. The van der Waals surface area contributed by atoms with E-state index in [1.165, 1.54) is 5.56 Å². The molecule has 0 aliphatic carbocycles. The lowest BCUT2D eigenvalue weighted by molar-refractivity contribution is 0.414. The van der Waals surface area contributed by atoms with E-state index >= 15 is 0 Å². The van der Waals surface area contributed by atoms with E-state index in [2.05, 4.69) is 27.5 Å². The van der Waals surface area contributed by atoms with Crippen molar-refractivity contribution in [3.05, 3.63) is 41.7 Å². The number of methoxy groups -OCH3 is 1. The molecule has 0 fully saturated rings. The SMILES string of the molecule is CCCNc1cc(NCc2ccc(OC)cc2)nc(C)n1. The summed E-state index contributed by atoms with van der Waals surface area (Å²) in [4.78, 5) is 8.77. The summed E-state index contributed by atoms with van der Waals surface area (Å²) in [5.74, 6) is 3.31. The average Bonchev–Trinajstić information content (AvgIpc) is 2.51. The van der Waals surface area contributed by atoms with Crippen molar-refractivity contribution in [2.75, 3.05) is 24.3 Å². The van der Waals surface area contributed by atoms with Crippen molar-refractivity contribution in [3.8, 4) is 5.75 Å². The van der Waals surface area contributed by atoms with E-state index in [1.807, 2.05) is 37.3 Å². The number of anilines is 2. The van der Waals surface area contributed by atoms with Crippen LogP contribution in [-0.4, -0.2) is 23.6 Å². The molecule has 0 amide bonds. The second kappa shape index (κ2) is 7.47. The van der Waals surface area contributed by atoms with Gasteiger partial charge in [0.05, 0.1) is 7.11 Å². The Hall–Kier alpha value is -2.30. The minimum atomic E-state index is 0.716. The lowest BCUT2D eigenvalue weighted by Crippen LogP contribution is -2.07. The van der Waals surface area contributed by atoms with Crippen molar-refractivity contribution in [2.24, 2.45) is 0 Å². The monoisotopic (exact) mass is 286 g/mol. The van der Waals surface area contributed by atoms with Crippen LogP contribution < -0.4 is 15.4 Å². The van der Waals surface area contributed by atoms with Gasteiger partial charge in [-0.2, -0.15) is 0 Å². The van der Waals surface area contributed by atoms with Gasteiger partial charge in [0.2, 0.25) is 0 Å². The molecule has 0 unspecified atom stereocenters. The molecule has 0 saturated carbocycles. The van der Waals surface area contributed by atoms with E-state index in [0.717, 1.165) is 36.2 Å².